The van der Waals surface area contributed by atoms with Gasteiger partial charge in [0, 0.05) is 62.1 Å². The summed E-state index contributed by atoms with van der Waals surface area (Å²) in [4.78, 5) is 17.1. The van der Waals surface area contributed by atoms with Crippen LogP contribution in [0.15, 0.2) is 98.4 Å². The minimum atomic E-state index is -0.469. The van der Waals surface area contributed by atoms with E-state index in [2.05, 4.69) is 128 Å². The molecule has 2 saturated carbocycles. The average molecular weight is 1060 g/mol. The fourth-order valence-electron chi connectivity index (χ4n) is 9.59. The van der Waals surface area contributed by atoms with Crippen LogP contribution >= 0.6 is 15.9 Å². The molecule has 0 amide bonds. The number of aromatic amines is 4. The molecule has 1 saturated heterocycles. The van der Waals surface area contributed by atoms with Crippen molar-refractivity contribution in [2.24, 2.45) is 0 Å². The SMILES string of the molecule is CC.Cc1[nH]nc(-c2ccccc2)c1Br.Cc1noc(C)c1-c1cc(-c2c(-c3ccccc3)n[nH]c2C)c2nc(C3CC3)[nH]c2c1.Cc1noc(C)c1-c1cc(B2OC(C)(C)C(C)(C)O2)c2nc(C3CC3)[nH]c2c1. The Hall–Kier alpha value is -6.88. The summed E-state index contributed by atoms with van der Waals surface area (Å²) in [5.41, 5.74) is 18.4. The first-order chi connectivity index (χ1) is 35.5. The number of hydrogen-bond acceptors (Lipinski definition) is 10. The number of fused-ring (bicyclic) bond motifs is 2. The van der Waals surface area contributed by atoms with Crippen molar-refractivity contribution in [2.75, 3.05) is 0 Å². The first kappa shape index (κ1) is 50.6. The van der Waals surface area contributed by atoms with Gasteiger partial charge in [0.05, 0.1) is 49.1 Å². The third-order valence-electron chi connectivity index (χ3n) is 14.5. The Morgan fingerprint density at radius 1 is 0.554 bits per heavy atom. The molecule has 14 nitrogen and oxygen atoms in total. The highest BCUT2D eigenvalue weighted by Crippen LogP contribution is 2.45. The van der Waals surface area contributed by atoms with E-state index in [9.17, 15) is 0 Å². The summed E-state index contributed by atoms with van der Waals surface area (Å²) in [6, 6.07) is 29.0. The van der Waals surface area contributed by atoms with E-state index in [1.54, 1.807) is 0 Å². The Morgan fingerprint density at radius 2 is 1.01 bits per heavy atom. The number of hydrogen-bond donors (Lipinski definition) is 4. The first-order valence-corrected chi connectivity index (χ1v) is 26.5. The third-order valence-corrected chi connectivity index (χ3v) is 15.5. The highest BCUT2D eigenvalue weighted by Gasteiger charge is 2.52. The number of halogens is 1. The maximum atomic E-state index is 6.36. The lowest BCUT2D eigenvalue weighted by Crippen LogP contribution is -2.41. The van der Waals surface area contributed by atoms with Crippen molar-refractivity contribution in [3.8, 4) is 55.9 Å². The second-order valence-corrected chi connectivity index (χ2v) is 21.3. The van der Waals surface area contributed by atoms with Gasteiger partial charge in [0.15, 0.2) is 0 Å². The molecule has 6 aromatic heterocycles. The van der Waals surface area contributed by atoms with Gasteiger partial charge in [0.1, 0.15) is 34.6 Å². The molecule has 0 bridgehead atoms. The monoisotopic (exact) mass is 1050 g/mol. The highest BCUT2D eigenvalue weighted by molar-refractivity contribution is 9.10. The normalized spacial score (nSPS) is 15.7. The molecule has 16 heteroatoms. The van der Waals surface area contributed by atoms with Crippen LogP contribution in [-0.4, -0.2) is 69.0 Å². The minimum absolute atomic E-state index is 0.404. The van der Waals surface area contributed by atoms with Gasteiger partial charge in [-0.3, -0.25) is 10.2 Å². The average Bonchev–Trinajstić information content (AvgIpc) is 4.11. The maximum absolute atomic E-state index is 6.36. The zero-order valence-electron chi connectivity index (χ0n) is 44.3. The predicted molar refractivity (Wildman–Crippen MR) is 297 cm³/mol. The van der Waals surface area contributed by atoms with Gasteiger partial charge in [0.2, 0.25) is 0 Å². The Kier molecular flexibility index (Phi) is 13.8. The number of aromatic nitrogens is 10. The van der Waals surface area contributed by atoms with Gasteiger partial charge in [-0.15, -0.1) is 0 Å². The molecule has 2 aliphatic carbocycles. The van der Waals surface area contributed by atoms with Gasteiger partial charge in [-0.25, -0.2) is 9.97 Å². The van der Waals surface area contributed by atoms with Gasteiger partial charge in [-0.05, 0) is 140 Å². The zero-order chi connectivity index (χ0) is 52.2. The molecular formula is C58H64BBrN10O4. The summed E-state index contributed by atoms with van der Waals surface area (Å²) >= 11 is 3.49. The number of rotatable bonds is 8. The molecular weight excluding hydrogens is 991 g/mol. The number of H-pyrrole nitrogens is 4. The van der Waals surface area contributed by atoms with Gasteiger partial charge >= 0.3 is 7.12 Å². The predicted octanol–water partition coefficient (Wildman–Crippen LogP) is 14.3. The fraction of sp³-hybridized carbons (Fsp3) is 0.345. The summed E-state index contributed by atoms with van der Waals surface area (Å²) in [7, 11) is -0.469. The number of aryl methyl sites for hydroxylation is 6. The van der Waals surface area contributed by atoms with Crippen LogP contribution in [0.25, 0.3) is 78.0 Å². The number of benzene rings is 4. The van der Waals surface area contributed by atoms with Crippen molar-refractivity contribution in [3.63, 3.8) is 0 Å². The van der Waals surface area contributed by atoms with Crippen LogP contribution < -0.4 is 5.46 Å². The first-order valence-electron chi connectivity index (χ1n) is 25.7. The molecule has 1 aliphatic heterocycles. The summed E-state index contributed by atoms with van der Waals surface area (Å²) in [5.74, 6) is 4.84. The van der Waals surface area contributed by atoms with Crippen molar-refractivity contribution in [3.05, 3.63) is 135 Å². The molecule has 0 spiro atoms. The largest absolute Gasteiger partial charge is 0.497 e. The van der Waals surface area contributed by atoms with E-state index in [0.717, 1.165) is 134 Å². The van der Waals surface area contributed by atoms with Crippen LogP contribution in [0, 0.1) is 41.5 Å². The number of nitrogens with one attached hydrogen (secondary N) is 4. The lowest BCUT2D eigenvalue weighted by Gasteiger charge is -2.32. The van der Waals surface area contributed by atoms with Crippen molar-refractivity contribution in [2.45, 2.75) is 132 Å². The van der Waals surface area contributed by atoms with E-state index in [0.29, 0.717) is 11.8 Å². The third kappa shape index (κ3) is 9.70. The zero-order valence-corrected chi connectivity index (χ0v) is 45.9. The molecule has 10 aromatic rings. The molecule has 0 unspecified atom stereocenters. The molecule has 3 aliphatic rings. The van der Waals surface area contributed by atoms with Crippen LogP contribution in [0.4, 0.5) is 0 Å². The van der Waals surface area contributed by atoms with E-state index >= 15 is 0 Å². The van der Waals surface area contributed by atoms with Gasteiger partial charge in [-0.2, -0.15) is 10.2 Å². The van der Waals surface area contributed by atoms with Crippen LogP contribution in [0.2, 0.25) is 0 Å². The Bertz CT molecular complexity index is 3560. The molecule has 380 valence electrons. The maximum Gasteiger partial charge on any atom is 0.497 e. The second-order valence-electron chi connectivity index (χ2n) is 20.5. The molecule has 3 fully saturated rings. The van der Waals surface area contributed by atoms with Crippen LogP contribution in [0.3, 0.4) is 0 Å². The van der Waals surface area contributed by atoms with Crippen molar-refractivity contribution >= 4 is 50.6 Å². The Balaban J connectivity index is 0.000000134. The topological polar surface area (TPSA) is 185 Å². The van der Waals surface area contributed by atoms with Gasteiger partial charge < -0.3 is 28.3 Å². The standard InChI is InChI=1S/C25H23N5O.C21H26BN3O3.C10H9BrN2.C2H6/c1-13-22(23(29-28-13)16-7-5-4-6-8-16)19-11-18(21-14(2)30-31-15(21)3)12-20-24(19)27-25(26-20)17-9-10-17;1-11-17(12(2)26-25-11)14-9-15(22-27-20(3,4)21(5,6)28-22)18-16(10-14)23-19(24-18)13-7-8-13;1-7-9(11)10(13-12-7)8-5-3-2-4-6-8;1-2/h4-8,11-12,17H,9-10H2,1-3H3,(H,26,27)(H,28,29);9-10,13H,7-8H2,1-6H3,(H,23,24);2-6H,1H3,(H,12,13);1-2H3. The van der Waals surface area contributed by atoms with Gasteiger partial charge in [0.25, 0.3) is 0 Å². The highest BCUT2D eigenvalue weighted by atomic mass is 79.9. The van der Waals surface area contributed by atoms with Crippen LogP contribution in [-0.2, 0) is 9.31 Å². The fourth-order valence-corrected chi connectivity index (χ4v) is 9.99. The quantitative estimate of drug-likeness (QED) is 0.107. The van der Waals surface area contributed by atoms with E-state index in [1.807, 2.05) is 97.0 Å². The van der Waals surface area contributed by atoms with Crippen LogP contribution in [0.5, 0.6) is 0 Å². The molecule has 4 aromatic carbocycles. The van der Waals surface area contributed by atoms with Crippen LogP contribution in [0.1, 0.15) is 125 Å². The second kappa shape index (κ2) is 20.1. The molecule has 4 N–H and O–H groups in total. The lowest BCUT2D eigenvalue weighted by molar-refractivity contribution is 0.00578. The molecule has 7 heterocycles. The van der Waals surface area contributed by atoms with E-state index in [4.69, 9.17) is 28.3 Å². The van der Waals surface area contributed by atoms with Crippen molar-refractivity contribution in [1.29, 1.82) is 0 Å². The summed E-state index contributed by atoms with van der Waals surface area (Å²) in [6.45, 7) is 24.2. The van der Waals surface area contributed by atoms with E-state index in [-0.39, 0.29) is 0 Å². The molecule has 13 rings (SSSR count). The minimum Gasteiger partial charge on any atom is -0.399 e. The van der Waals surface area contributed by atoms with E-state index in [1.165, 1.54) is 25.7 Å². The van der Waals surface area contributed by atoms with Crippen molar-refractivity contribution in [1.82, 2.24) is 50.6 Å². The molecule has 0 atom stereocenters. The number of imidazole rings is 2. The van der Waals surface area contributed by atoms with Gasteiger partial charge in [-0.1, -0.05) is 90.9 Å². The summed E-state index contributed by atoms with van der Waals surface area (Å²) < 4.78 is 24.6. The Morgan fingerprint density at radius 3 is 1.49 bits per heavy atom. The van der Waals surface area contributed by atoms with E-state index < -0.39 is 18.3 Å². The Labute approximate surface area is 440 Å². The summed E-state index contributed by atoms with van der Waals surface area (Å²) in [6.07, 6.45) is 4.79. The summed E-state index contributed by atoms with van der Waals surface area (Å²) in [5, 5.41) is 23.3. The smallest absolute Gasteiger partial charge is 0.399 e. The van der Waals surface area contributed by atoms with Crippen molar-refractivity contribution < 1.29 is 18.4 Å². The molecule has 0 radical (unpaired) electrons. The molecule has 74 heavy (non-hydrogen) atoms. The lowest BCUT2D eigenvalue weighted by atomic mass is 9.76. The number of nitrogens with zero attached hydrogens (tertiary/aromatic N) is 6.